The van der Waals surface area contributed by atoms with Gasteiger partial charge in [0.25, 0.3) is 0 Å². The van der Waals surface area contributed by atoms with Gasteiger partial charge in [-0.3, -0.25) is 0 Å². The molecule has 2 aromatic heterocycles. The molecule has 0 aromatic carbocycles. The maximum Gasteiger partial charge on any atom is 0.150 e. The van der Waals surface area contributed by atoms with E-state index in [1.165, 1.54) is 0 Å². The van der Waals surface area contributed by atoms with E-state index in [2.05, 4.69) is 16.9 Å². The van der Waals surface area contributed by atoms with E-state index in [-0.39, 0.29) is 0 Å². The number of aromatic nitrogens is 2. The molecule has 0 bridgehead atoms. The van der Waals surface area contributed by atoms with E-state index in [0.29, 0.717) is 5.82 Å². The highest BCUT2D eigenvalue weighted by Gasteiger charge is 2.05. The van der Waals surface area contributed by atoms with E-state index in [9.17, 15) is 0 Å². The highest BCUT2D eigenvalue weighted by Crippen LogP contribution is 2.25. The Morgan fingerprint density at radius 1 is 1.54 bits per heavy atom. The number of rotatable bonds is 2. The quantitative estimate of drug-likeness (QED) is 0.795. The Labute approximate surface area is 80.6 Å². The van der Waals surface area contributed by atoms with Crippen molar-refractivity contribution >= 4 is 27.4 Å². The second kappa shape index (κ2) is 3.30. The van der Waals surface area contributed by atoms with Crippen LogP contribution in [-0.2, 0) is 6.42 Å². The first kappa shape index (κ1) is 8.44. The van der Waals surface area contributed by atoms with E-state index < -0.39 is 0 Å². The van der Waals surface area contributed by atoms with Crippen LogP contribution in [0.1, 0.15) is 18.4 Å². The minimum atomic E-state index is 0.538. The highest BCUT2D eigenvalue weighted by atomic mass is 32.1. The van der Waals surface area contributed by atoms with Crippen LogP contribution in [0.5, 0.6) is 0 Å². The molecule has 0 saturated heterocycles. The monoisotopic (exact) mass is 193 g/mol. The number of fused-ring (bicyclic) bond motifs is 1. The van der Waals surface area contributed by atoms with Crippen molar-refractivity contribution in [2.75, 3.05) is 5.73 Å². The molecule has 2 N–H and O–H groups in total. The number of hydrogen-bond acceptors (Lipinski definition) is 4. The standard InChI is InChI=1S/C9H11N3S/c1-2-3-7-12-8-6(13-7)4-5-11-9(8)10/h4-5H,2-3H2,1H3,(H2,10,11). The zero-order chi connectivity index (χ0) is 9.26. The SMILES string of the molecule is CCCc1nc2c(N)nccc2s1. The van der Waals surface area contributed by atoms with Crippen molar-refractivity contribution in [3.63, 3.8) is 0 Å². The van der Waals surface area contributed by atoms with Crippen LogP contribution in [0.15, 0.2) is 12.3 Å². The van der Waals surface area contributed by atoms with Crippen molar-refractivity contribution in [3.05, 3.63) is 17.3 Å². The zero-order valence-corrected chi connectivity index (χ0v) is 8.27. The van der Waals surface area contributed by atoms with Crippen LogP contribution in [0.25, 0.3) is 10.2 Å². The molecule has 68 valence electrons. The van der Waals surface area contributed by atoms with Crippen LogP contribution in [0.4, 0.5) is 5.82 Å². The lowest BCUT2D eigenvalue weighted by atomic mass is 10.3. The van der Waals surface area contributed by atoms with E-state index in [1.807, 2.05) is 6.07 Å². The third-order valence-corrected chi connectivity index (χ3v) is 2.92. The van der Waals surface area contributed by atoms with Crippen LogP contribution in [0.2, 0.25) is 0 Å². The van der Waals surface area contributed by atoms with Gasteiger partial charge in [-0.1, -0.05) is 6.92 Å². The maximum atomic E-state index is 5.70. The fourth-order valence-corrected chi connectivity index (χ4v) is 2.31. The number of nitrogens with zero attached hydrogens (tertiary/aromatic N) is 2. The minimum Gasteiger partial charge on any atom is -0.382 e. The highest BCUT2D eigenvalue weighted by molar-refractivity contribution is 7.18. The molecule has 3 nitrogen and oxygen atoms in total. The minimum absolute atomic E-state index is 0.538. The molecular formula is C9H11N3S. The molecule has 4 heteroatoms. The Kier molecular flexibility index (Phi) is 2.14. The third kappa shape index (κ3) is 1.49. The first-order chi connectivity index (χ1) is 6.31. The molecule has 2 heterocycles. The van der Waals surface area contributed by atoms with Gasteiger partial charge in [-0.15, -0.1) is 11.3 Å². The van der Waals surface area contributed by atoms with Gasteiger partial charge in [-0.2, -0.15) is 0 Å². The van der Waals surface area contributed by atoms with Crippen LogP contribution >= 0.6 is 11.3 Å². The summed E-state index contributed by atoms with van der Waals surface area (Å²) < 4.78 is 1.14. The number of hydrogen-bond donors (Lipinski definition) is 1. The Balaban J connectivity index is 2.55. The summed E-state index contributed by atoms with van der Waals surface area (Å²) in [5.74, 6) is 0.538. The molecule has 0 spiro atoms. The fraction of sp³-hybridized carbons (Fsp3) is 0.333. The number of nitrogen functional groups attached to an aromatic ring is 1. The third-order valence-electron chi connectivity index (χ3n) is 1.84. The Morgan fingerprint density at radius 3 is 3.08 bits per heavy atom. The normalized spacial score (nSPS) is 10.8. The Bertz CT molecular complexity index is 422. The molecule has 0 fully saturated rings. The van der Waals surface area contributed by atoms with Crippen LogP contribution < -0.4 is 5.73 Å². The number of nitrogens with two attached hydrogens (primary N) is 1. The first-order valence-electron chi connectivity index (χ1n) is 4.31. The molecule has 0 saturated carbocycles. The lowest BCUT2D eigenvalue weighted by Gasteiger charge is -1.89. The lowest BCUT2D eigenvalue weighted by molar-refractivity contribution is 0.913. The lowest BCUT2D eigenvalue weighted by Crippen LogP contribution is -1.90. The summed E-state index contributed by atoms with van der Waals surface area (Å²) in [6, 6.07) is 1.96. The van der Waals surface area contributed by atoms with Gasteiger partial charge in [0, 0.05) is 6.20 Å². The van der Waals surface area contributed by atoms with E-state index >= 15 is 0 Å². The van der Waals surface area contributed by atoms with Crippen molar-refractivity contribution in [1.29, 1.82) is 0 Å². The van der Waals surface area contributed by atoms with Crippen LogP contribution in [-0.4, -0.2) is 9.97 Å². The van der Waals surface area contributed by atoms with E-state index in [0.717, 1.165) is 28.1 Å². The zero-order valence-electron chi connectivity index (χ0n) is 7.45. The Hall–Kier alpha value is -1.16. The van der Waals surface area contributed by atoms with Gasteiger partial charge in [0.1, 0.15) is 5.52 Å². The van der Waals surface area contributed by atoms with Gasteiger partial charge < -0.3 is 5.73 Å². The molecule has 0 radical (unpaired) electrons. The summed E-state index contributed by atoms with van der Waals surface area (Å²) in [5.41, 5.74) is 6.56. The number of pyridine rings is 1. The van der Waals surface area contributed by atoms with Crippen molar-refractivity contribution in [2.45, 2.75) is 19.8 Å². The maximum absolute atomic E-state index is 5.70. The molecule has 2 rings (SSSR count). The largest absolute Gasteiger partial charge is 0.382 e. The van der Waals surface area contributed by atoms with Crippen molar-refractivity contribution in [3.8, 4) is 0 Å². The summed E-state index contributed by atoms with van der Waals surface area (Å²) in [7, 11) is 0. The van der Waals surface area contributed by atoms with Crippen LogP contribution in [0, 0.1) is 0 Å². The predicted molar refractivity (Wildman–Crippen MR) is 55.8 cm³/mol. The van der Waals surface area contributed by atoms with Gasteiger partial charge in [-0.25, -0.2) is 9.97 Å². The average molecular weight is 193 g/mol. The van der Waals surface area contributed by atoms with Crippen LogP contribution in [0.3, 0.4) is 0 Å². The van der Waals surface area contributed by atoms with Crippen molar-refractivity contribution in [1.82, 2.24) is 9.97 Å². The van der Waals surface area contributed by atoms with Gasteiger partial charge >= 0.3 is 0 Å². The number of thiazole rings is 1. The molecular weight excluding hydrogens is 182 g/mol. The molecule has 0 amide bonds. The van der Waals surface area contributed by atoms with Gasteiger partial charge in [0.05, 0.1) is 9.71 Å². The molecule has 13 heavy (non-hydrogen) atoms. The average Bonchev–Trinajstić information content (AvgIpc) is 2.49. The van der Waals surface area contributed by atoms with Gasteiger partial charge in [-0.05, 0) is 18.9 Å². The molecule has 0 aliphatic carbocycles. The second-order valence-electron chi connectivity index (χ2n) is 2.90. The summed E-state index contributed by atoms with van der Waals surface area (Å²) in [6.07, 6.45) is 3.87. The van der Waals surface area contributed by atoms with Crippen molar-refractivity contribution < 1.29 is 0 Å². The number of anilines is 1. The smallest absolute Gasteiger partial charge is 0.150 e. The molecule has 0 aliphatic rings. The number of aryl methyl sites for hydroxylation is 1. The summed E-state index contributed by atoms with van der Waals surface area (Å²) in [5, 5.41) is 1.15. The Morgan fingerprint density at radius 2 is 2.38 bits per heavy atom. The molecule has 0 atom stereocenters. The fourth-order valence-electron chi connectivity index (χ4n) is 1.24. The van der Waals surface area contributed by atoms with E-state index in [1.54, 1.807) is 17.5 Å². The molecule has 0 aliphatic heterocycles. The molecule has 0 unspecified atom stereocenters. The van der Waals surface area contributed by atoms with Gasteiger partial charge in [0.2, 0.25) is 0 Å². The first-order valence-corrected chi connectivity index (χ1v) is 5.13. The van der Waals surface area contributed by atoms with Gasteiger partial charge in [0.15, 0.2) is 5.82 Å². The topological polar surface area (TPSA) is 51.8 Å². The predicted octanol–water partition coefficient (Wildman–Crippen LogP) is 2.23. The summed E-state index contributed by atoms with van der Waals surface area (Å²) in [4.78, 5) is 8.44. The second-order valence-corrected chi connectivity index (χ2v) is 4.02. The summed E-state index contributed by atoms with van der Waals surface area (Å²) >= 11 is 1.70. The summed E-state index contributed by atoms with van der Waals surface area (Å²) in [6.45, 7) is 2.15. The van der Waals surface area contributed by atoms with Crippen molar-refractivity contribution in [2.24, 2.45) is 0 Å². The van der Waals surface area contributed by atoms with E-state index in [4.69, 9.17) is 5.73 Å². The molecule has 2 aromatic rings.